The molecular formula is C40H78O18S4. The molecule has 62 heavy (non-hydrogen) atoms. The maximum absolute atomic E-state index is 12.1. The van der Waals surface area contributed by atoms with Gasteiger partial charge in [-0.3, -0.25) is 23.0 Å². The van der Waals surface area contributed by atoms with Crippen molar-refractivity contribution < 1.29 is 78.1 Å². The van der Waals surface area contributed by atoms with Crippen molar-refractivity contribution in [2.75, 3.05) is 6.61 Å². The largest absolute Gasteiger partial charge is 0.466 e. The first-order valence-corrected chi connectivity index (χ1v) is 28.3. The van der Waals surface area contributed by atoms with E-state index in [2.05, 4.69) is 4.18 Å². The van der Waals surface area contributed by atoms with Crippen molar-refractivity contribution in [2.45, 2.75) is 237 Å². The van der Waals surface area contributed by atoms with E-state index < -0.39 is 71.9 Å². The number of carbonyl (C=O) groups is 1. The molecule has 18 nitrogen and oxygen atoms in total. The fourth-order valence-corrected chi connectivity index (χ4v) is 10.2. The Labute approximate surface area is 373 Å². The van der Waals surface area contributed by atoms with Crippen LogP contribution in [-0.4, -0.2) is 88.9 Å². The molecule has 5 unspecified atom stereocenters. The average molecular weight is 975 g/mol. The zero-order valence-corrected chi connectivity index (χ0v) is 40.1. The maximum Gasteiger partial charge on any atom is 0.397 e. The minimum atomic E-state index is -5.05. The molecule has 1 aliphatic rings. The quantitative estimate of drug-likeness (QED) is 0.0565. The summed E-state index contributed by atoms with van der Waals surface area (Å²) in [6.07, 6.45) is 17.4. The van der Waals surface area contributed by atoms with Crippen LogP contribution >= 0.6 is 0 Å². The molecule has 0 aliphatic carbocycles. The van der Waals surface area contributed by atoms with Crippen LogP contribution in [-0.2, 0) is 67.9 Å². The highest BCUT2D eigenvalue weighted by molar-refractivity contribution is 7.81. The second kappa shape index (κ2) is 33.4. The van der Waals surface area contributed by atoms with Gasteiger partial charge >= 0.3 is 47.6 Å². The maximum atomic E-state index is 12.1. The van der Waals surface area contributed by atoms with E-state index >= 15 is 0 Å². The number of rotatable bonds is 18. The standard InChI is InChI=1S/C40H78O18S4/c1-35(55-59(42,43)44)26-20-14-13-17-22-28-37(56-60(45,46)47)32-36-27-21-15-9-7-8-12-19-25-31-54-40(41)30-24-18-11-6-4-2-3-5-10-16-23-29-38(57-61(48,49)50)34-39(33-36)58-62(51,52)53/h35-39H,2-34H2,1H3,(H,42,43,44)(H,45,46,47)(H,48,49,50)(H,51,52,53). The van der Waals surface area contributed by atoms with E-state index in [0.29, 0.717) is 70.8 Å². The second-order valence-electron chi connectivity index (χ2n) is 17.0. The van der Waals surface area contributed by atoms with Gasteiger partial charge in [-0.25, -0.2) is 16.7 Å². The molecule has 5 atom stereocenters. The third-order valence-electron chi connectivity index (χ3n) is 11.1. The lowest BCUT2D eigenvalue weighted by molar-refractivity contribution is -0.143. The van der Waals surface area contributed by atoms with Gasteiger partial charge in [0.2, 0.25) is 0 Å². The lowest BCUT2D eigenvalue weighted by Crippen LogP contribution is -2.30. The molecule has 0 spiro atoms. The molecule has 0 aromatic carbocycles. The number of cyclic esters (lactones) is 1. The van der Waals surface area contributed by atoms with E-state index in [9.17, 15) is 52.1 Å². The summed E-state index contributed by atoms with van der Waals surface area (Å²) in [5.41, 5.74) is 0. The molecule has 0 aromatic rings. The van der Waals surface area contributed by atoms with Crippen LogP contribution in [0.4, 0.5) is 0 Å². The Morgan fingerprint density at radius 3 is 1.47 bits per heavy atom. The van der Waals surface area contributed by atoms with E-state index in [1.54, 1.807) is 0 Å². The molecule has 0 radical (unpaired) electrons. The van der Waals surface area contributed by atoms with Gasteiger partial charge in [0.05, 0.1) is 31.0 Å². The third-order valence-corrected chi connectivity index (χ3v) is 13.2. The smallest absolute Gasteiger partial charge is 0.397 e. The highest BCUT2D eigenvalue weighted by atomic mass is 32.3. The summed E-state index contributed by atoms with van der Waals surface area (Å²) in [5, 5.41) is 0. The lowest BCUT2D eigenvalue weighted by atomic mass is 9.86. The number of unbranched alkanes of at least 4 members (excludes halogenated alkanes) is 4. The van der Waals surface area contributed by atoms with Crippen LogP contribution in [0.15, 0.2) is 0 Å². The lowest BCUT2D eigenvalue weighted by Gasteiger charge is -2.28. The molecule has 1 saturated heterocycles. The Kier molecular flexibility index (Phi) is 31.8. The van der Waals surface area contributed by atoms with Crippen LogP contribution in [0.2, 0.25) is 0 Å². The molecule has 0 amide bonds. The summed E-state index contributed by atoms with van der Waals surface area (Å²) < 4.78 is 157. The van der Waals surface area contributed by atoms with Crippen LogP contribution < -0.4 is 0 Å². The summed E-state index contributed by atoms with van der Waals surface area (Å²) in [4.78, 5) is 12.1. The van der Waals surface area contributed by atoms with Crippen molar-refractivity contribution in [3.05, 3.63) is 0 Å². The van der Waals surface area contributed by atoms with E-state index in [1.165, 1.54) is 6.92 Å². The van der Waals surface area contributed by atoms with Gasteiger partial charge in [-0.05, 0) is 57.8 Å². The first-order valence-electron chi connectivity index (χ1n) is 22.9. The first kappa shape index (κ1) is 59.0. The topological polar surface area (TPSA) is 281 Å². The Morgan fingerprint density at radius 1 is 0.516 bits per heavy atom. The molecule has 1 aliphatic heterocycles. The van der Waals surface area contributed by atoms with Crippen molar-refractivity contribution >= 4 is 47.6 Å². The molecule has 4 N–H and O–H groups in total. The fourth-order valence-electron chi connectivity index (χ4n) is 8.15. The zero-order valence-electron chi connectivity index (χ0n) is 36.9. The summed E-state index contributed by atoms with van der Waals surface area (Å²) >= 11 is 0. The van der Waals surface area contributed by atoms with Crippen LogP contribution in [0.5, 0.6) is 0 Å². The third kappa shape index (κ3) is 39.3. The predicted octanol–water partition coefficient (Wildman–Crippen LogP) is 9.41. The second-order valence-corrected chi connectivity index (χ2v) is 21.1. The Morgan fingerprint density at radius 2 is 0.952 bits per heavy atom. The summed E-state index contributed by atoms with van der Waals surface area (Å²) in [7, 11) is -19.5. The molecule has 0 aromatic heterocycles. The van der Waals surface area contributed by atoms with Gasteiger partial charge in [0, 0.05) is 12.8 Å². The normalized spacial score (nSPS) is 23.4. The first-order chi connectivity index (χ1) is 29.1. The number of hydrogen-bond donors (Lipinski definition) is 4. The van der Waals surface area contributed by atoms with Gasteiger partial charge in [0.25, 0.3) is 0 Å². The highest BCUT2D eigenvalue weighted by Crippen LogP contribution is 2.30. The molecule has 1 fully saturated rings. The zero-order chi connectivity index (χ0) is 46.3. The van der Waals surface area contributed by atoms with Gasteiger partial charge in [0.1, 0.15) is 0 Å². The Bertz CT molecular complexity index is 1610. The molecule has 1 heterocycles. The summed E-state index contributed by atoms with van der Waals surface area (Å²) in [5.74, 6) is -0.621. The fraction of sp³-hybridized carbons (Fsp3) is 0.975. The van der Waals surface area contributed by atoms with Crippen molar-refractivity contribution in [2.24, 2.45) is 5.92 Å². The molecular weight excluding hydrogens is 897 g/mol. The highest BCUT2D eigenvalue weighted by Gasteiger charge is 2.30. The molecule has 0 bridgehead atoms. The van der Waals surface area contributed by atoms with Gasteiger partial charge in [-0.15, -0.1) is 0 Å². The van der Waals surface area contributed by atoms with Crippen molar-refractivity contribution in [3.63, 3.8) is 0 Å². The van der Waals surface area contributed by atoms with E-state index in [0.717, 1.165) is 109 Å². The van der Waals surface area contributed by atoms with Crippen molar-refractivity contribution in [1.82, 2.24) is 0 Å². The van der Waals surface area contributed by atoms with Crippen LogP contribution in [0, 0.1) is 5.92 Å². The van der Waals surface area contributed by atoms with Crippen LogP contribution in [0.3, 0.4) is 0 Å². The summed E-state index contributed by atoms with van der Waals surface area (Å²) in [6.45, 7) is 1.94. The summed E-state index contributed by atoms with van der Waals surface area (Å²) in [6, 6.07) is 0. The Balaban J connectivity index is 3.12. The minimum absolute atomic E-state index is 0.0456. The van der Waals surface area contributed by atoms with Crippen molar-refractivity contribution in [1.29, 1.82) is 0 Å². The predicted molar refractivity (Wildman–Crippen MR) is 234 cm³/mol. The number of esters is 1. The number of hydrogen-bond acceptors (Lipinski definition) is 14. The number of carbonyl (C=O) groups excluding carboxylic acids is 1. The van der Waals surface area contributed by atoms with Gasteiger partial charge in [-0.1, -0.05) is 148 Å². The minimum Gasteiger partial charge on any atom is -0.466 e. The Hall–Kier alpha value is -1.05. The molecule has 1 rings (SSSR count). The van der Waals surface area contributed by atoms with Gasteiger partial charge in [0.15, 0.2) is 0 Å². The SMILES string of the molecule is CC(CCCCCCCC(CC1CCCCCCCCCCOC(=O)CCCCCCCCCCCCCC(OS(=O)(=O)O)CC(OS(=O)(=O)O)C1)OS(=O)(=O)O)OS(=O)(=O)O. The van der Waals surface area contributed by atoms with Gasteiger partial charge in [-0.2, -0.15) is 33.7 Å². The van der Waals surface area contributed by atoms with Gasteiger partial charge < -0.3 is 4.74 Å². The van der Waals surface area contributed by atoms with Crippen LogP contribution in [0.1, 0.15) is 212 Å². The molecule has 370 valence electrons. The average Bonchev–Trinajstić information content (AvgIpc) is 3.12. The van der Waals surface area contributed by atoms with Crippen LogP contribution in [0.25, 0.3) is 0 Å². The monoisotopic (exact) mass is 974 g/mol. The van der Waals surface area contributed by atoms with E-state index in [4.69, 9.17) is 21.8 Å². The van der Waals surface area contributed by atoms with E-state index in [1.807, 2.05) is 0 Å². The molecule has 22 heteroatoms. The van der Waals surface area contributed by atoms with E-state index in [-0.39, 0.29) is 38.1 Å². The van der Waals surface area contributed by atoms with Crippen molar-refractivity contribution in [3.8, 4) is 0 Å². The number of ether oxygens (including phenoxy) is 1. The molecule has 0 saturated carbocycles.